The number of pyridine rings is 1. The van der Waals surface area contributed by atoms with E-state index in [2.05, 4.69) is 19.9 Å². The lowest BCUT2D eigenvalue weighted by Gasteiger charge is -2.21. The highest BCUT2D eigenvalue weighted by atomic mass is 35.5. The Balaban J connectivity index is 1.54. The van der Waals surface area contributed by atoms with Gasteiger partial charge in [0, 0.05) is 24.7 Å². The fraction of sp³-hybridized carbons (Fsp3) is 0.588. The third kappa shape index (κ3) is 2.60. The molecule has 2 aromatic heterocycles. The van der Waals surface area contributed by atoms with E-state index in [0.29, 0.717) is 29.6 Å². The monoisotopic (exact) mass is 364 g/mol. The van der Waals surface area contributed by atoms with E-state index >= 15 is 0 Å². The second kappa shape index (κ2) is 5.38. The average molecular weight is 365 g/mol. The number of hydrogen-bond acceptors (Lipinski definition) is 6. The maximum Gasteiger partial charge on any atom is 0.319 e. The Labute approximate surface area is 149 Å². The van der Waals surface area contributed by atoms with Crippen molar-refractivity contribution in [1.82, 2.24) is 15.0 Å². The zero-order valence-electron chi connectivity index (χ0n) is 13.6. The highest BCUT2D eigenvalue weighted by Gasteiger charge is 2.46. The van der Waals surface area contributed by atoms with Gasteiger partial charge in [-0.1, -0.05) is 11.6 Å². The summed E-state index contributed by atoms with van der Waals surface area (Å²) in [6.45, 7) is 2.25. The SMILES string of the molecule is OCC1(COc2nc(N3CC4CC4C3)c3cnc(Cl)c(F)c3n2)CC1. The molecule has 0 amide bonds. The molecule has 2 atom stereocenters. The number of hydrogen-bond donors (Lipinski definition) is 1. The molecule has 2 unspecified atom stereocenters. The van der Waals surface area contributed by atoms with Crippen LogP contribution in [0.2, 0.25) is 5.15 Å². The molecule has 8 heteroatoms. The zero-order chi connectivity index (χ0) is 17.2. The molecule has 0 radical (unpaired) electrons. The fourth-order valence-corrected chi connectivity index (χ4v) is 3.76. The van der Waals surface area contributed by atoms with Gasteiger partial charge in [0.05, 0.1) is 18.6 Å². The predicted molar refractivity (Wildman–Crippen MR) is 90.4 cm³/mol. The molecular weight excluding hydrogens is 347 g/mol. The Morgan fingerprint density at radius 3 is 2.76 bits per heavy atom. The summed E-state index contributed by atoms with van der Waals surface area (Å²) < 4.78 is 20.2. The molecule has 3 fully saturated rings. The van der Waals surface area contributed by atoms with Gasteiger partial charge < -0.3 is 14.7 Å². The minimum absolute atomic E-state index is 0.0764. The largest absolute Gasteiger partial charge is 0.463 e. The zero-order valence-corrected chi connectivity index (χ0v) is 14.3. The van der Waals surface area contributed by atoms with Crippen molar-refractivity contribution in [3.8, 4) is 6.01 Å². The van der Waals surface area contributed by atoms with E-state index in [1.165, 1.54) is 12.6 Å². The fourth-order valence-electron chi connectivity index (χ4n) is 3.62. The number of piperidine rings is 1. The number of aliphatic hydroxyl groups excluding tert-OH is 1. The summed E-state index contributed by atoms with van der Waals surface area (Å²) in [4.78, 5) is 14.8. The Bertz CT molecular complexity index is 850. The number of ether oxygens (including phenoxy) is 1. The number of halogens is 2. The summed E-state index contributed by atoms with van der Waals surface area (Å²) in [6.07, 6.45) is 4.63. The van der Waals surface area contributed by atoms with Crippen molar-refractivity contribution >= 4 is 28.3 Å². The van der Waals surface area contributed by atoms with Crippen LogP contribution in [0.25, 0.3) is 10.9 Å². The Hall–Kier alpha value is -1.73. The van der Waals surface area contributed by atoms with Gasteiger partial charge in [-0.3, -0.25) is 0 Å². The molecule has 3 heterocycles. The Morgan fingerprint density at radius 1 is 1.32 bits per heavy atom. The highest BCUT2D eigenvalue weighted by Crippen LogP contribution is 2.47. The van der Waals surface area contributed by atoms with Crippen molar-refractivity contribution < 1.29 is 14.2 Å². The first-order valence-electron chi connectivity index (χ1n) is 8.59. The van der Waals surface area contributed by atoms with Crippen LogP contribution < -0.4 is 9.64 Å². The summed E-state index contributed by atoms with van der Waals surface area (Å²) in [5, 5.41) is 9.78. The van der Waals surface area contributed by atoms with Crippen LogP contribution in [0.15, 0.2) is 6.20 Å². The minimum Gasteiger partial charge on any atom is -0.463 e. The normalized spacial score (nSPS) is 26.0. The Kier molecular flexibility index (Phi) is 3.34. The van der Waals surface area contributed by atoms with Crippen molar-refractivity contribution in [3.05, 3.63) is 17.2 Å². The number of nitrogens with zero attached hydrogens (tertiary/aromatic N) is 4. The molecule has 25 heavy (non-hydrogen) atoms. The van der Waals surface area contributed by atoms with Crippen molar-refractivity contribution in [2.24, 2.45) is 17.3 Å². The van der Waals surface area contributed by atoms with E-state index in [1.807, 2.05) is 0 Å². The van der Waals surface area contributed by atoms with Crippen LogP contribution in [0, 0.1) is 23.1 Å². The van der Waals surface area contributed by atoms with Crippen LogP contribution in [-0.4, -0.2) is 46.4 Å². The quantitative estimate of drug-likeness (QED) is 0.821. The third-order valence-electron chi connectivity index (χ3n) is 5.68. The molecular formula is C17H18ClFN4O2. The summed E-state index contributed by atoms with van der Waals surface area (Å²) in [5.41, 5.74) is -0.0586. The molecule has 5 rings (SSSR count). The molecule has 0 aromatic carbocycles. The van der Waals surface area contributed by atoms with E-state index in [1.54, 1.807) is 0 Å². The van der Waals surface area contributed by atoms with Crippen LogP contribution in [0.3, 0.4) is 0 Å². The van der Waals surface area contributed by atoms with Crippen LogP contribution in [0.4, 0.5) is 10.2 Å². The van der Waals surface area contributed by atoms with Gasteiger partial charge in [0.25, 0.3) is 0 Å². The molecule has 1 aliphatic heterocycles. The van der Waals surface area contributed by atoms with E-state index in [9.17, 15) is 9.50 Å². The van der Waals surface area contributed by atoms with Gasteiger partial charge in [0.1, 0.15) is 11.3 Å². The molecule has 0 spiro atoms. The van der Waals surface area contributed by atoms with Gasteiger partial charge in [-0.05, 0) is 31.1 Å². The molecule has 0 bridgehead atoms. The topological polar surface area (TPSA) is 71.4 Å². The number of anilines is 1. The van der Waals surface area contributed by atoms with E-state index in [-0.39, 0.29) is 28.7 Å². The van der Waals surface area contributed by atoms with Crippen molar-refractivity contribution in [2.75, 3.05) is 31.2 Å². The lowest BCUT2D eigenvalue weighted by atomic mass is 10.1. The smallest absolute Gasteiger partial charge is 0.319 e. The van der Waals surface area contributed by atoms with Crippen molar-refractivity contribution in [3.63, 3.8) is 0 Å². The van der Waals surface area contributed by atoms with Crippen LogP contribution in [0.1, 0.15) is 19.3 Å². The average Bonchev–Trinajstić information content (AvgIpc) is 3.54. The van der Waals surface area contributed by atoms with Gasteiger partial charge in [-0.15, -0.1) is 0 Å². The molecule has 3 aliphatic rings. The molecule has 2 aliphatic carbocycles. The molecule has 132 valence electrons. The summed E-state index contributed by atoms with van der Waals surface area (Å²) in [6, 6.07) is 0.129. The Morgan fingerprint density at radius 2 is 2.08 bits per heavy atom. The molecule has 2 saturated carbocycles. The first-order chi connectivity index (χ1) is 12.1. The lowest BCUT2D eigenvalue weighted by molar-refractivity contribution is 0.140. The van der Waals surface area contributed by atoms with Crippen molar-refractivity contribution in [2.45, 2.75) is 19.3 Å². The standard InChI is InChI=1S/C17H18ClFN4O2/c18-14-12(19)13-11(4-20-14)15(23-5-9-3-10(9)6-23)22-16(21-13)25-8-17(7-24)1-2-17/h4,9-10,24H,1-3,5-8H2. The number of rotatable bonds is 5. The van der Waals surface area contributed by atoms with E-state index in [4.69, 9.17) is 16.3 Å². The molecule has 6 nitrogen and oxygen atoms in total. The summed E-state index contributed by atoms with van der Waals surface area (Å²) in [5.74, 6) is 1.43. The van der Waals surface area contributed by atoms with Gasteiger partial charge >= 0.3 is 6.01 Å². The second-order valence-corrected chi connectivity index (χ2v) is 7.92. The molecule has 2 aromatic rings. The number of fused-ring (bicyclic) bond motifs is 2. The summed E-state index contributed by atoms with van der Waals surface area (Å²) in [7, 11) is 0. The van der Waals surface area contributed by atoms with Crippen LogP contribution in [0.5, 0.6) is 6.01 Å². The third-order valence-corrected chi connectivity index (χ3v) is 5.94. The van der Waals surface area contributed by atoms with E-state index in [0.717, 1.165) is 25.9 Å². The summed E-state index contributed by atoms with van der Waals surface area (Å²) >= 11 is 5.83. The minimum atomic E-state index is -0.652. The van der Waals surface area contributed by atoms with Crippen LogP contribution >= 0.6 is 11.6 Å². The maximum absolute atomic E-state index is 14.5. The predicted octanol–water partition coefficient (Wildman–Crippen LogP) is 2.42. The second-order valence-electron chi connectivity index (χ2n) is 7.56. The number of aliphatic hydroxyl groups is 1. The van der Waals surface area contributed by atoms with Gasteiger partial charge in [-0.2, -0.15) is 9.97 Å². The molecule has 1 N–H and O–H groups in total. The maximum atomic E-state index is 14.5. The van der Waals surface area contributed by atoms with E-state index < -0.39 is 5.82 Å². The first kappa shape index (κ1) is 15.5. The van der Waals surface area contributed by atoms with Crippen LogP contribution in [-0.2, 0) is 0 Å². The van der Waals surface area contributed by atoms with Gasteiger partial charge in [-0.25, -0.2) is 9.37 Å². The number of aromatic nitrogens is 3. The van der Waals surface area contributed by atoms with Gasteiger partial charge in [0.15, 0.2) is 11.0 Å². The van der Waals surface area contributed by atoms with Gasteiger partial charge in [0.2, 0.25) is 0 Å². The lowest BCUT2D eigenvalue weighted by Crippen LogP contribution is -2.24. The molecule has 1 saturated heterocycles. The van der Waals surface area contributed by atoms with Crippen molar-refractivity contribution in [1.29, 1.82) is 0 Å². The highest BCUT2D eigenvalue weighted by molar-refractivity contribution is 6.30. The first-order valence-corrected chi connectivity index (χ1v) is 8.97.